The van der Waals surface area contributed by atoms with Crippen LogP contribution in [0.4, 0.5) is 0 Å². The lowest BCUT2D eigenvalue weighted by atomic mass is 10.1. The van der Waals surface area contributed by atoms with Crippen molar-refractivity contribution in [2.24, 2.45) is 0 Å². The fourth-order valence-corrected chi connectivity index (χ4v) is 2.67. The second-order valence-electron chi connectivity index (χ2n) is 3.93. The first-order valence-corrected chi connectivity index (χ1v) is 6.88. The first-order valence-electron chi connectivity index (χ1n) is 5.62. The normalized spacial score (nSPS) is 12.4. The lowest BCUT2D eigenvalue weighted by Gasteiger charge is -2.07. The Balaban J connectivity index is 2.42. The molecule has 1 unspecified atom stereocenters. The highest BCUT2D eigenvalue weighted by Crippen LogP contribution is 2.34. The molecule has 96 valence electrons. The van der Waals surface area contributed by atoms with Crippen molar-refractivity contribution in [3.63, 3.8) is 0 Å². The van der Waals surface area contributed by atoms with Gasteiger partial charge in [0, 0.05) is 16.0 Å². The van der Waals surface area contributed by atoms with E-state index in [9.17, 15) is 0 Å². The predicted molar refractivity (Wildman–Crippen MR) is 76.6 cm³/mol. The summed E-state index contributed by atoms with van der Waals surface area (Å²) in [5, 5.41) is 6.93. The highest BCUT2D eigenvalue weighted by Gasteiger charge is 2.13. The second-order valence-corrected chi connectivity index (χ2v) is 5.25. The molecule has 0 aliphatic heterocycles. The van der Waals surface area contributed by atoms with Crippen molar-refractivity contribution in [1.82, 2.24) is 10.3 Å². The molecule has 0 aliphatic carbocycles. The van der Waals surface area contributed by atoms with Crippen LogP contribution in [0, 0.1) is 0 Å². The zero-order valence-corrected chi connectivity index (χ0v) is 12.1. The average molecular weight is 283 g/mol. The van der Waals surface area contributed by atoms with Crippen LogP contribution in [0.2, 0.25) is 5.02 Å². The number of nitrogens with one attached hydrogen (secondary N) is 1. The zero-order chi connectivity index (χ0) is 13.1. The molecule has 3 nitrogen and oxygen atoms in total. The summed E-state index contributed by atoms with van der Waals surface area (Å²) in [5.41, 5.74) is 1.83. The van der Waals surface area contributed by atoms with E-state index < -0.39 is 0 Å². The fraction of sp³-hybridized carbons (Fsp3) is 0.308. The standard InChI is InChI=1S/C13H15ClN2OS/c1-8(15-2)13-16-11(7-18-13)10-6-9(14)4-5-12(10)17-3/h4-8,15H,1-3H3. The molecule has 0 spiro atoms. The molecule has 0 saturated heterocycles. The van der Waals surface area contributed by atoms with Gasteiger partial charge in [0.25, 0.3) is 0 Å². The van der Waals surface area contributed by atoms with E-state index in [0.717, 1.165) is 22.0 Å². The summed E-state index contributed by atoms with van der Waals surface area (Å²) in [4.78, 5) is 4.62. The van der Waals surface area contributed by atoms with E-state index in [2.05, 4.69) is 17.2 Å². The van der Waals surface area contributed by atoms with Crippen molar-refractivity contribution in [3.8, 4) is 17.0 Å². The van der Waals surface area contributed by atoms with Gasteiger partial charge in [0.05, 0.1) is 18.8 Å². The summed E-state index contributed by atoms with van der Waals surface area (Å²) in [7, 11) is 3.57. The van der Waals surface area contributed by atoms with Gasteiger partial charge in [-0.15, -0.1) is 11.3 Å². The molecule has 0 amide bonds. The van der Waals surface area contributed by atoms with Crippen molar-refractivity contribution >= 4 is 22.9 Å². The van der Waals surface area contributed by atoms with Crippen LogP contribution < -0.4 is 10.1 Å². The third-order valence-electron chi connectivity index (χ3n) is 2.76. The minimum Gasteiger partial charge on any atom is -0.496 e. The molecule has 0 bridgehead atoms. The Kier molecular flexibility index (Phi) is 4.22. The van der Waals surface area contributed by atoms with Crippen molar-refractivity contribution in [3.05, 3.63) is 33.6 Å². The molecule has 2 aromatic rings. The fourth-order valence-electron chi connectivity index (χ4n) is 1.61. The van der Waals surface area contributed by atoms with Gasteiger partial charge in [-0.3, -0.25) is 0 Å². The number of halogens is 1. The number of thiazole rings is 1. The van der Waals surface area contributed by atoms with Gasteiger partial charge in [-0.25, -0.2) is 4.98 Å². The van der Waals surface area contributed by atoms with Crippen LogP contribution in [0.25, 0.3) is 11.3 Å². The first kappa shape index (κ1) is 13.3. The van der Waals surface area contributed by atoms with Crippen LogP contribution in [-0.2, 0) is 0 Å². The van der Waals surface area contributed by atoms with E-state index in [4.69, 9.17) is 16.3 Å². The second kappa shape index (κ2) is 5.69. The number of ether oxygens (including phenoxy) is 1. The van der Waals surface area contributed by atoms with Gasteiger partial charge >= 0.3 is 0 Å². The smallest absolute Gasteiger partial charge is 0.128 e. The molecule has 1 N–H and O–H groups in total. The summed E-state index contributed by atoms with van der Waals surface area (Å²) in [5.74, 6) is 0.786. The Labute approximate surface area is 116 Å². The Bertz CT molecular complexity index is 542. The lowest BCUT2D eigenvalue weighted by molar-refractivity contribution is 0.416. The molecular formula is C13H15ClN2OS. The van der Waals surface area contributed by atoms with E-state index in [-0.39, 0.29) is 6.04 Å². The lowest BCUT2D eigenvalue weighted by Crippen LogP contribution is -2.11. The number of benzene rings is 1. The van der Waals surface area contributed by atoms with Crippen molar-refractivity contribution < 1.29 is 4.74 Å². The monoisotopic (exact) mass is 282 g/mol. The molecule has 0 aliphatic rings. The number of rotatable bonds is 4. The Morgan fingerprint density at radius 3 is 2.89 bits per heavy atom. The zero-order valence-electron chi connectivity index (χ0n) is 10.5. The first-order chi connectivity index (χ1) is 8.65. The van der Waals surface area contributed by atoms with Crippen molar-refractivity contribution in [2.45, 2.75) is 13.0 Å². The Hall–Kier alpha value is -1.10. The molecule has 0 saturated carbocycles. The molecule has 2 rings (SSSR count). The van der Waals surface area contributed by atoms with Crippen LogP contribution in [0.3, 0.4) is 0 Å². The Morgan fingerprint density at radius 2 is 2.22 bits per heavy atom. The van der Waals surface area contributed by atoms with Crippen LogP contribution in [-0.4, -0.2) is 19.1 Å². The average Bonchev–Trinajstić information content (AvgIpc) is 2.87. The molecule has 1 heterocycles. The molecule has 0 radical (unpaired) electrons. The molecule has 0 fully saturated rings. The van der Waals surface area contributed by atoms with E-state index in [1.807, 2.05) is 30.6 Å². The van der Waals surface area contributed by atoms with Gasteiger partial charge in [0.2, 0.25) is 0 Å². The van der Waals surface area contributed by atoms with Gasteiger partial charge in [-0.2, -0.15) is 0 Å². The molecule has 5 heteroatoms. The molecule has 1 aromatic carbocycles. The highest BCUT2D eigenvalue weighted by atomic mass is 35.5. The molecule has 1 aromatic heterocycles. The van der Waals surface area contributed by atoms with Crippen molar-refractivity contribution in [2.75, 3.05) is 14.2 Å². The third-order valence-corrected chi connectivity index (χ3v) is 4.03. The maximum atomic E-state index is 6.03. The van der Waals surface area contributed by atoms with Gasteiger partial charge in [0.1, 0.15) is 10.8 Å². The van der Waals surface area contributed by atoms with E-state index in [1.54, 1.807) is 18.4 Å². The molecule has 1 atom stereocenters. The number of hydrogen-bond donors (Lipinski definition) is 1. The van der Waals surface area contributed by atoms with Crippen LogP contribution in [0.1, 0.15) is 18.0 Å². The van der Waals surface area contributed by atoms with E-state index >= 15 is 0 Å². The Morgan fingerprint density at radius 1 is 1.44 bits per heavy atom. The number of aromatic nitrogens is 1. The van der Waals surface area contributed by atoms with Gasteiger partial charge in [0.15, 0.2) is 0 Å². The maximum absolute atomic E-state index is 6.03. The molecule has 18 heavy (non-hydrogen) atoms. The number of nitrogens with zero attached hydrogens (tertiary/aromatic N) is 1. The number of methoxy groups -OCH3 is 1. The summed E-state index contributed by atoms with van der Waals surface area (Å²) in [6.45, 7) is 2.08. The van der Waals surface area contributed by atoms with Gasteiger partial charge < -0.3 is 10.1 Å². The van der Waals surface area contributed by atoms with Gasteiger partial charge in [-0.1, -0.05) is 11.6 Å². The van der Waals surface area contributed by atoms with Crippen LogP contribution >= 0.6 is 22.9 Å². The maximum Gasteiger partial charge on any atom is 0.128 e. The van der Waals surface area contributed by atoms with Crippen molar-refractivity contribution in [1.29, 1.82) is 0 Å². The highest BCUT2D eigenvalue weighted by molar-refractivity contribution is 7.10. The summed E-state index contributed by atoms with van der Waals surface area (Å²) >= 11 is 7.66. The summed E-state index contributed by atoms with van der Waals surface area (Å²) in [6.07, 6.45) is 0. The predicted octanol–water partition coefficient (Wildman–Crippen LogP) is 3.75. The summed E-state index contributed by atoms with van der Waals surface area (Å²) in [6, 6.07) is 5.79. The molecular weight excluding hydrogens is 268 g/mol. The van der Waals surface area contributed by atoms with Crippen LogP contribution in [0.15, 0.2) is 23.6 Å². The third kappa shape index (κ3) is 2.66. The number of hydrogen-bond acceptors (Lipinski definition) is 4. The van der Waals surface area contributed by atoms with Crippen LogP contribution in [0.5, 0.6) is 5.75 Å². The SMILES string of the molecule is CNC(C)c1nc(-c2cc(Cl)ccc2OC)cs1. The van der Waals surface area contributed by atoms with E-state index in [1.165, 1.54) is 0 Å². The quantitative estimate of drug-likeness (QED) is 0.927. The topological polar surface area (TPSA) is 34.2 Å². The minimum atomic E-state index is 0.244. The largest absolute Gasteiger partial charge is 0.496 e. The van der Waals surface area contributed by atoms with Gasteiger partial charge in [-0.05, 0) is 32.2 Å². The minimum absolute atomic E-state index is 0.244. The summed E-state index contributed by atoms with van der Waals surface area (Å²) < 4.78 is 5.34. The van der Waals surface area contributed by atoms with E-state index in [0.29, 0.717) is 5.02 Å².